The van der Waals surface area contributed by atoms with Crippen molar-refractivity contribution >= 4 is 0 Å². The van der Waals surface area contributed by atoms with Gasteiger partial charge in [-0.2, -0.15) is 30.7 Å². The Hall–Kier alpha value is -0.820. The second kappa shape index (κ2) is 3.97. The van der Waals surface area contributed by atoms with Crippen LogP contribution in [-0.4, -0.2) is 24.2 Å². The van der Waals surface area contributed by atoms with E-state index in [1.54, 1.807) is 0 Å². The van der Waals surface area contributed by atoms with Crippen LogP contribution in [0.5, 0.6) is 0 Å². The standard InChI is InChI=1S/C7H6F8/c1-2-4(8)7(14,15)5(9,10)3-6(11,12)13/h2,4H,1,3H2. The largest absolute Gasteiger partial charge is 0.395 e. The predicted octanol–water partition coefficient (Wildman–Crippen LogP) is 3.73. The summed E-state index contributed by atoms with van der Waals surface area (Å²) in [5.74, 6) is -10.9. The lowest BCUT2D eigenvalue weighted by Gasteiger charge is -2.28. The zero-order chi connectivity index (χ0) is 12.5. The van der Waals surface area contributed by atoms with Gasteiger partial charge in [0.15, 0.2) is 6.17 Å². The summed E-state index contributed by atoms with van der Waals surface area (Å²) >= 11 is 0. The minimum absolute atomic E-state index is 0.176. The van der Waals surface area contributed by atoms with Gasteiger partial charge in [-0.1, -0.05) is 12.7 Å². The highest BCUT2D eigenvalue weighted by molar-refractivity contribution is 4.99. The van der Waals surface area contributed by atoms with Crippen LogP contribution in [0.1, 0.15) is 6.42 Å². The fraction of sp³-hybridized carbons (Fsp3) is 0.714. The molecule has 15 heavy (non-hydrogen) atoms. The molecule has 0 saturated heterocycles. The number of hydrogen-bond donors (Lipinski definition) is 0. The Kier molecular flexibility index (Phi) is 3.76. The van der Waals surface area contributed by atoms with E-state index in [0.29, 0.717) is 0 Å². The zero-order valence-corrected chi connectivity index (χ0v) is 7.09. The molecule has 1 atom stereocenters. The van der Waals surface area contributed by atoms with E-state index in [4.69, 9.17) is 0 Å². The van der Waals surface area contributed by atoms with Crippen LogP contribution in [-0.2, 0) is 0 Å². The van der Waals surface area contributed by atoms with E-state index < -0.39 is 30.6 Å². The van der Waals surface area contributed by atoms with E-state index in [-0.39, 0.29) is 6.08 Å². The van der Waals surface area contributed by atoms with Crippen molar-refractivity contribution in [3.8, 4) is 0 Å². The lowest BCUT2D eigenvalue weighted by Crippen LogP contribution is -2.49. The molecule has 0 radical (unpaired) electrons. The molecule has 0 bridgehead atoms. The molecule has 0 rings (SSSR count). The molecule has 1 unspecified atom stereocenters. The molecule has 0 aromatic heterocycles. The molecule has 0 fully saturated rings. The molecule has 0 aliphatic carbocycles. The second-order valence-corrected chi connectivity index (χ2v) is 2.76. The monoisotopic (exact) mass is 242 g/mol. The first-order valence-electron chi connectivity index (χ1n) is 3.53. The van der Waals surface area contributed by atoms with Gasteiger partial charge in [0.05, 0.1) is 0 Å². The summed E-state index contributed by atoms with van der Waals surface area (Å²) in [6, 6.07) is 0. The van der Waals surface area contributed by atoms with Gasteiger partial charge in [-0.05, 0) is 0 Å². The molecule has 0 nitrogen and oxygen atoms in total. The zero-order valence-electron chi connectivity index (χ0n) is 7.09. The number of halogens is 8. The third kappa shape index (κ3) is 3.35. The molecular formula is C7H6F8. The van der Waals surface area contributed by atoms with Gasteiger partial charge in [-0.15, -0.1) is 0 Å². The van der Waals surface area contributed by atoms with E-state index >= 15 is 0 Å². The third-order valence-electron chi connectivity index (χ3n) is 1.46. The average Bonchev–Trinajstić information content (AvgIpc) is 1.97. The highest BCUT2D eigenvalue weighted by atomic mass is 19.4. The SMILES string of the molecule is C=CC(F)C(F)(F)C(F)(F)CC(F)(F)F. The van der Waals surface area contributed by atoms with Crippen LogP contribution in [0.3, 0.4) is 0 Å². The van der Waals surface area contributed by atoms with E-state index in [0.717, 1.165) is 0 Å². The normalized spacial score (nSPS) is 16.3. The van der Waals surface area contributed by atoms with Crippen molar-refractivity contribution in [2.75, 3.05) is 0 Å². The summed E-state index contributed by atoms with van der Waals surface area (Å²) in [5.41, 5.74) is 0. The maximum absolute atomic E-state index is 12.4. The lowest BCUT2D eigenvalue weighted by atomic mass is 10.0. The Morgan fingerprint density at radius 1 is 1.00 bits per heavy atom. The molecule has 0 aromatic rings. The van der Waals surface area contributed by atoms with E-state index in [1.165, 1.54) is 0 Å². The van der Waals surface area contributed by atoms with Crippen molar-refractivity contribution < 1.29 is 35.1 Å². The van der Waals surface area contributed by atoms with Crippen molar-refractivity contribution in [2.45, 2.75) is 30.6 Å². The molecule has 0 aromatic carbocycles. The maximum atomic E-state index is 12.4. The van der Waals surface area contributed by atoms with Crippen LogP contribution < -0.4 is 0 Å². The molecule has 0 amide bonds. The highest BCUT2D eigenvalue weighted by Crippen LogP contribution is 2.45. The first kappa shape index (κ1) is 14.2. The Morgan fingerprint density at radius 3 is 1.67 bits per heavy atom. The number of allylic oxidation sites excluding steroid dienone is 1. The summed E-state index contributed by atoms with van der Waals surface area (Å²) in [4.78, 5) is 0. The fourth-order valence-electron chi connectivity index (χ4n) is 0.719. The maximum Gasteiger partial charge on any atom is 0.395 e. The van der Waals surface area contributed by atoms with Crippen molar-refractivity contribution in [1.29, 1.82) is 0 Å². The van der Waals surface area contributed by atoms with Crippen LogP contribution in [0.4, 0.5) is 35.1 Å². The minimum Gasteiger partial charge on any atom is -0.236 e. The molecule has 90 valence electrons. The molecule has 0 heterocycles. The lowest BCUT2D eigenvalue weighted by molar-refractivity contribution is -0.276. The Bertz CT molecular complexity index is 228. The smallest absolute Gasteiger partial charge is 0.236 e. The number of hydrogen-bond acceptors (Lipinski definition) is 0. The molecule has 0 N–H and O–H groups in total. The van der Waals surface area contributed by atoms with Crippen LogP contribution >= 0.6 is 0 Å². The molecule has 0 saturated carbocycles. The van der Waals surface area contributed by atoms with Gasteiger partial charge < -0.3 is 0 Å². The number of rotatable bonds is 4. The van der Waals surface area contributed by atoms with Crippen LogP contribution in [0, 0.1) is 0 Å². The average molecular weight is 242 g/mol. The van der Waals surface area contributed by atoms with Gasteiger partial charge in [0.2, 0.25) is 0 Å². The summed E-state index contributed by atoms with van der Waals surface area (Å²) in [6.07, 6.45) is -12.3. The van der Waals surface area contributed by atoms with Gasteiger partial charge in [0.1, 0.15) is 6.42 Å². The summed E-state index contributed by atoms with van der Waals surface area (Å²) in [7, 11) is 0. The first-order chi connectivity index (χ1) is 6.44. The molecule has 0 spiro atoms. The van der Waals surface area contributed by atoms with Crippen LogP contribution in [0.15, 0.2) is 12.7 Å². The Morgan fingerprint density at radius 2 is 1.40 bits per heavy atom. The summed E-state index contributed by atoms with van der Waals surface area (Å²) < 4.78 is 96.3. The summed E-state index contributed by atoms with van der Waals surface area (Å²) in [6.45, 7) is 2.47. The number of alkyl halides is 8. The fourth-order valence-corrected chi connectivity index (χ4v) is 0.719. The van der Waals surface area contributed by atoms with Crippen molar-refractivity contribution in [1.82, 2.24) is 0 Å². The summed E-state index contributed by atoms with van der Waals surface area (Å²) in [5, 5.41) is 0. The molecule has 0 aliphatic rings. The highest BCUT2D eigenvalue weighted by Gasteiger charge is 2.64. The van der Waals surface area contributed by atoms with E-state index in [9.17, 15) is 35.1 Å². The van der Waals surface area contributed by atoms with Gasteiger partial charge in [0.25, 0.3) is 0 Å². The second-order valence-electron chi connectivity index (χ2n) is 2.76. The molecule has 0 aliphatic heterocycles. The topological polar surface area (TPSA) is 0 Å². The van der Waals surface area contributed by atoms with Crippen LogP contribution in [0.2, 0.25) is 0 Å². The molecule has 8 heteroatoms. The minimum atomic E-state index is -5.51. The van der Waals surface area contributed by atoms with Gasteiger partial charge in [-0.25, -0.2) is 4.39 Å². The first-order valence-corrected chi connectivity index (χ1v) is 3.53. The van der Waals surface area contributed by atoms with Gasteiger partial charge in [-0.3, -0.25) is 0 Å². The third-order valence-corrected chi connectivity index (χ3v) is 1.46. The Balaban J connectivity index is 4.92. The van der Waals surface area contributed by atoms with Gasteiger partial charge in [0, 0.05) is 0 Å². The van der Waals surface area contributed by atoms with E-state index in [1.807, 2.05) is 0 Å². The van der Waals surface area contributed by atoms with E-state index in [2.05, 4.69) is 6.58 Å². The Labute approximate surface area is 79.6 Å². The van der Waals surface area contributed by atoms with Crippen molar-refractivity contribution in [3.63, 3.8) is 0 Å². The van der Waals surface area contributed by atoms with Crippen molar-refractivity contribution in [3.05, 3.63) is 12.7 Å². The van der Waals surface area contributed by atoms with Gasteiger partial charge >= 0.3 is 18.0 Å². The van der Waals surface area contributed by atoms with Crippen molar-refractivity contribution in [2.24, 2.45) is 0 Å². The van der Waals surface area contributed by atoms with Crippen LogP contribution in [0.25, 0.3) is 0 Å². The molecular weight excluding hydrogens is 236 g/mol. The predicted molar refractivity (Wildman–Crippen MR) is 35.7 cm³/mol. The quantitative estimate of drug-likeness (QED) is 0.520.